The summed E-state index contributed by atoms with van der Waals surface area (Å²) in [6.45, 7) is 0. The van der Waals surface area contributed by atoms with Gasteiger partial charge in [0, 0.05) is 11.8 Å². The topological polar surface area (TPSA) is 35.2 Å². The third kappa shape index (κ3) is 2.77. The maximum atomic E-state index is 13.3. The first kappa shape index (κ1) is 16.0. The summed E-state index contributed by atoms with van der Waals surface area (Å²) >= 11 is 0. The van der Waals surface area contributed by atoms with Gasteiger partial charge in [0.2, 0.25) is 34.8 Å². The molecule has 2 rings (SSSR count). The smallest absolute Gasteiger partial charge is 0.207 e. The lowest BCUT2D eigenvalue weighted by Gasteiger charge is -2.10. The van der Waals surface area contributed by atoms with E-state index in [-0.39, 0.29) is 23.8 Å². The van der Waals surface area contributed by atoms with Crippen LogP contribution in [0, 0.1) is 29.1 Å². The lowest BCUT2D eigenvalue weighted by molar-refractivity contribution is 0.332. The summed E-state index contributed by atoms with van der Waals surface area (Å²) in [6, 6.07) is 5.30. The Morgan fingerprint density at radius 3 is 1.80 bits per heavy atom. The van der Waals surface area contributed by atoms with Crippen LogP contribution >= 0.6 is 12.4 Å². The fourth-order valence-corrected chi connectivity index (χ4v) is 1.37. The van der Waals surface area contributed by atoms with Crippen molar-refractivity contribution in [3.05, 3.63) is 53.4 Å². The standard InChI is InChI=1S/C12H6F5NO.ClH/c13-7-8(14)10(16)12(11(17)9(7)15)19-6-3-1-2-5(18)4-6;/h1-4H,18H2;1H. The first-order valence-electron chi connectivity index (χ1n) is 4.96. The summed E-state index contributed by atoms with van der Waals surface area (Å²) in [7, 11) is 0. The third-order valence-electron chi connectivity index (χ3n) is 2.25. The van der Waals surface area contributed by atoms with Crippen molar-refractivity contribution in [1.82, 2.24) is 0 Å². The van der Waals surface area contributed by atoms with Crippen LogP contribution in [0.15, 0.2) is 24.3 Å². The molecule has 2 aromatic rings. The van der Waals surface area contributed by atoms with E-state index in [1.54, 1.807) is 0 Å². The zero-order chi connectivity index (χ0) is 14.2. The van der Waals surface area contributed by atoms with E-state index in [0.29, 0.717) is 0 Å². The molecule has 0 saturated heterocycles. The number of ether oxygens (including phenoxy) is 1. The summed E-state index contributed by atoms with van der Waals surface area (Å²) < 4.78 is 69.9. The van der Waals surface area contributed by atoms with Gasteiger partial charge in [0.15, 0.2) is 0 Å². The molecule has 0 unspecified atom stereocenters. The van der Waals surface area contributed by atoms with Crippen molar-refractivity contribution in [2.24, 2.45) is 0 Å². The number of benzene rings is 2. The second-order valence-electron chi connectivity index (χ2n) is 3.57. The number of nitrogen functional groups attached to an aromatic ring is 1. The Kier molecular flexibility index (Phi) is 4.78. The van der Waals surface area contributed by atoms with Crippen LogP contribution in [0.2, 0.25) is 0 Å². The van der Waals surface area contributed by atoms with Gasteiger partial charge < -0.3 is 10.5 Å². The Morgan fingerprint density at radius 2 is 1.30 bits per heavy atom. The molecule has 0 aliphatic carbocycles. The van der Waals surface area contributed by atoms with Crippen LogP contribution in [-0.4, -0.2) is 0 Å². The molecule has 20 heavy (non-hydrogen) atoms. The first-order chi connectivity index (χ1) is 8.91. The van der Waals surface area contributed by atoms with Crippen LogP contribution < -0.4 is 10.5 Å². The second kappa shape index (κ2) is 5.96. The Labute approximate surface area is 116 Å². The number of nitrogens with two attached hydrogens (primary N) is 1. The highest BCUT2D eigenvalue weighted by molar-refractivity contribution is 5.85. The molecule has 0 aliphatic heterocycles. The van der Waals surface area contributed by atoms with Gasteiger partial charge in [-0.1, -0.05) is 6.07 Å². The Morgan fingerprint density at radius 1 is 0.800 bits per heavy atom. The normalized spacial score (nSPS) is 10.1. The van der Waals surface area contributed by atoms with Gasteiger partial charge in [0.1, 0.15) is 5.75 Å². The van der Waals surface area contributed by atoms with Crippen molar-refractivity contribution in [2.45, 2.75) is 0 Å². The molecule has 0 saturated carbocycles. The third-order valence-corrected chi connectivity index (χ3v) is 2.25. The summed E-state index contributed by atoms with van der Waals surface area (Å²) in [5, 5.41) is 0. The summed E-state index contributed by atoms with van der Waals surface area (Å²) in [6.07, 6.45) is 0. The minimum absolute atomic E-state index is 0. The molecule has 2 nitrogen and oxygen atoms in total. The molecule has 8 heteroatoms. The average Bonchev–Trinajstić information content (AvgIpc) is 2.39. The van der Waals surface area contributed by atoms with E-state index in [4.69, 9.17) is 5.73 Å². The van der Waals surface area contributed by atoms with E-state index < -0.39 is 34.8 Å². The lowest BCUT2D eigenvalue weighted by Crippen LogP contribution is -2.04. The first-order valence-corrected chi connectivity index (χ1v) is 4.96. The van der Waals surface area contributed by atoms with Gasteiger partial charge in [-0.15, -0.1) is 12.4 Å². The van der Waals surface area contributed by atoms with E-state index >= 15 is 0 Å². The van der Waals surface area contributed by atoms with Crippen molar-refractivity contribution in [3.8, 4) is 11.5 Å². The number of rotatable bonds is 2. The van der Waals surface area contributed by atoms with Gasteiger partial charge in [0.05, 0.1) is 0 Å². The van der Waals surface area contributed by atoms with Gasteiger partial charge >= 0.3 is 0 Å². The SMILES string of the molecule is Cl.Nc1cccc(Oc2c(F)c(F)c(F)c(F)c2F)c1. The Balaban J connectivity index is 0.00000200. The van der Waals surface area contributed by atoms with Crippen LogP contribution in [-0.2, 0) is 0 Å². The maximum absolute atomic E-state index is 13.3. The van der Waals surface area contributed by atoms with Gasteiger partial charge in [0.25, 0.3) is 0 Å². The molecule has 0 heterocycles. The maximum Gasteiger partial charge on any atom is 0.207 e. The fraction of sp³-hybridized carbons (Fsp3) is 0. The van der Waals surface area contributed by atoms with Gasteiger partial charge in [-0.3, -0.25) is 0 Å². The van der Waals surface area contributed by atoms with E-state index in [1.807, 2.05) is 0 Å². The Bertz CT molecular complexity index is 621. The largest absolute Gasteiger partial charge is 0.451 e. The average molecular weight is 312 g/mol. The molecule has 2 N–H and O–H groups in total. The Hall–Kier alpha value is -2.02. The number of halogens is 6. The van der Waals surface area contributed by atoms with Crippen molar-refractivity contribution < 1.29 is 26.7 Å². The zero-order valence-electron chi connectivity index (χ0n) is 9.59. The number of hydrogen-bond acceptors (Lipinski definition) is 2. The molecule has 0 fully saturated rings. The van der Waals surface area contributed by atoms with Gasteiger partial charge in [-0.2, -0.15) is 8.78 Å². The second-order valence-corrected chi connectivity index (χ2v) is 3.57. The van der Waals surface area contributed by atoms with Crippen LogP contribution in [0.1, 0.15) is 0 Å². The minimum atomic E-state index is -2.24. The quantitative estimate of drug-likeness (QED) is 0.391. The van der Waals surface area contributed by atoms with Gasteiger partial charge in [-0.05, 0) is 12.1 Å². The molecule has 0 aromatic heterocycles. The van der Waals surface area contributed by atoms with E-state index in [0.717, 1.165) is 0 Å². The summed E-state index contributed by atoms with van der Waals surface area (Å²) in [5.74, 6) is -12.0. The highest BCUT2D eigenvalue weighted by Gasteiger charge is 2.27. The van der Waals surface area contributed by atoms with E-state index in [1.165, 1.54) is 24.3 Å². The molecular weight excluding hydrogens is 305 g/mol. The van der Waals surface area contributed by atoms with Crippen LogP contribution in [0.25, 0.3) is 0 Å². The van der Waals surface area contributed by atoms with Gasteiger partial charge in [-0.25, -0.2) is 13.2 Å². The lowest BCUT2D eigenvalue weighted by atomic mass is 10.2. The fourth-order valence-electron chi connectivity index (χ4n) is 1.37. The van der Waals surface area contributed by atoms with Crippen molar-refractivity contribution in [3.63, 3.8) is 0 Å². The van der Waals surface area contributed by atoms with Crippen LogP contribution in [0.5, 0.6) is 11.5 Å². The predicted octanol–water partition coefficient (Wildman–Crippen LogP) is 4.18. The summed E-state index contributed by atoms with van der Waals surface area (Å²) in [5.41, 5.74) is 5.61. The molecule has 0 bridgehead atoms. The molecule has 0 amide bonds. The molecular formula is C12H7ClF5NO. The molecule has 0 radical (unpaired) electrons. The molecule has 0 aliphatic rings. The van der Waals surface area contributed by atoms with E-state index in [2.05, 4.69) is 4.74 Å². The van der Waals surface area contributed by atoms with Crippen molar-refractivity contribution >= 4 is 18.1 Å². The van der Waals surface area contributed by atoms with Crippen LogP contribution in [0.4, 0.5) is 27.6 Å². The highest BCUT2D eigenvalue weighted by Crippen LogP contribution is 2.33. The zero-order valence-corrected chi connectivity index (χ0v) is 10.4. The predicted molar refractivity (Wildman–Crippen MR) is 64.4 cm³/mol. The number of anilines is 1. The molecule has 0 atom stereocenters. The van der Waals surface area contributed by atoms with Crippen LogP contribution in [0.3, 0.4) is 0 Å². The molecule has 108 valence electrons. The van der Waals surface area contributed by atoms with Crippen molar-refractivity contribution in [2.75, 3.05) is 5.73 Å². The number of hydrogen-bond donors (Lipinski definition) is 1. The highest BCUT2D eigenvalue weighted by atomic mass is 35.5. The van der Waals surface area contributed by atoms with E-state index in [9.17, 15) is 22.0 Å². The van der Waals surface area contributed by atoms with Crippen molar-refractivity contribution in [1.29, 1.82) is 0 Å². The molecule has 0 spiro atoms. The monoisotopic (exact) mass is 311 g/mol. The molecule has 2 aromatic carbocycles. The minimum Gasteiger partial charge on any atom is -0.451 e. The summed E-state index contributed by atoms with van der Waals surface area (Å²) in [4.78, 5) is 0.